The van der Waals surface area contributed by atoms with Crippen LogP contribution in [0.2, 0.25) is 0 Å². The molecule has 0 saturated carbocycles. The van der Waals surface area contributed by atoms with Gasteiger partial charge < -0.3 is 14.6 Å². The van der Waals surface area contributed by atoms with E-state index in [9.17, 15) is 9.59 Å². The lowest BCUT2D eigenvalue weighted by Gasteiger charge is -2.27. The molecule has 21 heavy (non-hydrogen) atoms. The van der Waals surface area contributed by atoms with E-state index < -0.39 is 17.7 Å². The van der Waals surface area contributed by atoms with E-state index in [1.807, 2.05) is 0 Å². The molecule has 6 nitrogen and oxygen atoms in total. The van der Waals surface area contributed by atoms with Crippen LogP contribution in [-0.4, -0.2) is 35.9 Å². The van der Waals surface area contributed by atoms with E-state index in [0.29, 0.717) is 25.4 Å². The first-order valence-electron chi connectivity index (χ1n) is 6.72. The van der Waals surface area contributed by atoms with Gasteiger partial charge in [-0.3, -0.25) is 4.90 Å². The zero-order valence-corrected chi connectivity index (χ0v) is 12.4. The Hall–Kier alpha value is -2.08. The second-order valence-electron chi connectivity index (χ2n) is 5.83. The highest BCUT2D eigenvalue weighted by atomic mass is 16.6. The predicted octanol–water partition coefficient (Wildman–Crippen LogP) is 2.66. The molecule has 114 valence electrons. The molecule has 2 rings (SSSR count). The minimum absolute atomic E-state index is 0.129. The maximum Gasteiger partial charge on any atom is 0.414 e. The van der Waals surface area contributed by atoms with Gasteiger partial charge in [0, 0.05) is 5.56 Å². The molecule has 0 spiro atoms. The molecule has 0 unspecified atom stereocenters. The molecule has 6 heteroatoms. The molecule has 0 aliphatic carbocycles. The molecule has 0 bridgehead atoms. The van der Waals surface area contributed by atoms with Crippen molar-refractivity contribution in [2.75, 3.05) is 18.1 Å². The van der Waals surface area contributed by atoms with Crippen LogP contribution in [0.15, 0.2) is 18.2 Å². The van der Waals surface area contributed by atoms with E-state index in [4.69, 9.17) is 14.6 Å². The number of aromatic carboxylic acids is 1. The molecule has 0 fully saturated rings. The average Bonchev–Trinajstić information content (AvgIpc) is 2.57. The predicted molar refractivity (Wildman–Crippen MR) is 76.6 cm³/mol. The molecule has 1 N–H and O–H groups in total. The summed E-state index contributed by atoms with van der Waals surface area (Å²) in [7, 11) is 0. The second-order valence-corrected chi connectivity index (χ2v) is 5.83. The van der Waals surface area contributed by atoms with E-state index in [1.165, 1.54) is 17.0 Å². The van der Waals surface area contributed by atoms with Gasteiger partial charge in [-0.05, 0) is 32.9 Å². The first-order chi connectivity index (χ1) is 9.78. The summed E-state index contributed by atoms with van der Waals surface area (Å²) in [6, 6.07) is 4.65. The van der Waals surface area contributed by atoms with Crippen LogP contribution >= 0.6 is 0 Å². The third kappa shape index (κ3) is 3.72. The fourth-order valence-corrected chi connectivity index (χ4v) is 2.04. The smallest absolute Gasteiger partial charge is 0.414 e. The number of ether oxygens (including phenoxy) is 2. The Morgan fingerprint density at radius 2 is 2.05 bits per heavy atom. The number of amides is 1. The Balaban J connectivity index is 2.38. The largest absolute Gasteiger partial charge is 0.478 e. The first-order valence-corrected chi connectivity index (χ1v) is 6.72. The summed E-state index contributed by atoms with van der Waals surface area (Å²) in [5.41, 5.74) is 0.809. The van der Waals surface area contributed by atoms with Crippen LogP contribution in [-0.2, 0) is 16.1 Å². The number of carboxylic acid groups (broad SMARTS) is 1. The summed E-state index contributed by atoms with van der Waals surface area (Å²) in [6.45, 7) is 6.39. The Bertz CT molecular complexity index is 562. The van der Waals surface area contributed by atoms with Gasteiger partial charge in [-0.15, -0.1) is 0 Å². The van der Waals surface area contributed by atoms with Gasteiger partial charge in [-0.1, -0.05) is 6.07 Å². The van der Waals surface area contributed by atoms with Crippen LogP contribution in [0.3, 0.4) is 0 Å². The lowest BCUT2D eigenvalue weighted by Crippen LogP contribution is -2.38. The second kappa shape index (κ2) is 5.73. The van der Waals surface area contributed by atoms with Gasteiger partial charge in [0.25, 0.3) is 0 Å². The number of fused-ring (bicyclic) bond motifs is 1. The summed E-state index contributed by atoms with van der Waals surface area (Å²) in [5, 5.41) is 9.10. The molecule has 1 aromatic rings. The molecule has 1 amide bonds. The molecular weight excluding hydrogens is 274 g/mol. The Labute approximate surface area is 123 Å². The quantitative estimate of drug-likeness (QED) is 0.861. The van der Waals surface area contributed by atoms with E-state index in [-0.39, 0.29) is 5.56 Å². The molecule has 0 saturated heterocycles. The lowest BCUT2D eigenvalue weighted by molar-refractivity contribution is 0.0565. The van der Waals surface area contributed by atoms with Crippen molar-refractivity contribution < 1.29 is 24.2 Å². The SMILES string of the molecule is CC(C)(C)OC(=O)N1CCOCc2ccc(C(=O)O)cc21. The van der Waals surface area contributed by atoms with Crippen LogP contribution in [0, 0.1) is 0 Å². The highest BCUT2D eigenvalue weighted by Crippen LogP contribution is 2.27. The van der Waals surface area contributed by atoms with E-state index in [0.717, 1.165) is 5.56 Å². The van der Waals surface area contributed by atoms with Gasteiger partial charge in [0.1, 0.15) is 5.60 Å². The van der Waals surface area contributed by atoms with Crippen molar-refractivity contribution in [3.8, 4) is 0 Å². The number of carbonyl (C=O) groups is 2. The highest BCUT2D eigenvalue weighted by molar-refractivity contribution is 5.93. The fourth-order valence-electron chi connectivity index (χ4n) is 2.04. The van der Waals surface area contributed by atoms with Crippen LogP contribution in [0.4, 0.5) is 10.5 Å². The zero-order chi connectivity index (χ0) is 15.6. The maximum absolute atomic E-state index is 12.3. The number of hydrogen-bond acceptors (Lipinski definition) is 4. The van der Waals surface area contributed by atoms with Gasteiger partial charge in [0.15, 0.2) is 0 Å². The first kappa shape index (κ1) is 15.3. The average molecular weight is 293 g/mol. The van der Waals surface area contributed by atoms with Crippen LogP contribution in [0.1, 0.15) is 36.7 Å². The van der Waals surface area contributed by atoms with Crippen molar-refractivity contribution in [1.29, 1.82) is 0 Å². The summed E-state index contributed by atoms with van der Waals surface area (Å²) < 4.78 is 10.8. The molecule has 1 heterocycles. The van der Waals surface area contributed by atoms with Crippen molar-refractivity contribution in [1.82, 2.24) is 0 Å². The van der Waals surface area contributed by atoms with Crippen molar-refractivity contribution in [3.05, 3.63) is 29.3 Å². The van der Waals surface area contributed by atoms with Gasteiger partial charge in [-0.2, -0.15) is 0 Å². The third-order valence-corrected chi connectivity index (χ3v) is 2.95. The molecule has 1 aliphatic heterocycles. The van der Waals surface area contributed by atoms with Crippen LogP contribution in [0.5, 0.6) is 0 Å². The standard InChI is InChI=1S/C15H19NO5/c1-15(2,3)21-14(19)16-6-7-20-9-11-5-4-10(13(17)18)8-12(11)16/h4-5,8H,6-7,9H2,1-3H3,(H,17,18). The van der Waals surface area contributed by atoms with Gasteiger partial charge in [-0.25, -0.2) is 9.59 Å². The minimum Gasteiger partial charge on any atom is -0.478 e. The number of hydrogen-bond donors (Lipinski definition) is 1. The summed E-state index contributed by atoms with van der Waals surface area (Å²) >= 11 is 0. The van der Waals surface area contributed by atoms with Crippen molar-refractivity contribution >= 4 is 17.7 Å². The highest BCUT2D eigenvalue weighted by Gasteiger charge is 2.27. The molecule has 0 aromatic heterocycles. The number of rotatable bonds is 1. The van der Waals surface area contributed by atoms with Gasteiger partial charge >= 0.3 is 12.1 Å². The Morgan fingerprint density at radius 1 is 1.33 bits per heavy atom. The van der Waals surface area contributed by atoms with Crippen molar-refractivity contribution in [2.45, 2.75) is 33.0 Å². The van der Waals surface area contributed by atoms with Crippen LogP contribution < -0.4 is 4.90 Å². The summed E-state index contributed by atoms with van der Waals surface area (Å²) in [4.78, 5) is 24.9. The molecular formula is C15H19NO5. The Morgan fingerprint density at radius 3 is 2.67 bits per heavy atom. The van der Waals surface area contributed by atoms with Gasteiger partial charge in [0.2, 0.25) is 0 Å². The summed E-state index contributed by atoms with van der Waals surface area (Å²) in [6.07, 6.45) is -0.503. The number of carboxylic acids is 1. The lowest BCUT2D eigenvalue weighted by atomic mass is 10.1. The number of benzene rings is 1. The molecule has 1 aromatic carbocycles. The molecule has 0 atom stereocenters. The molecule has 0 radical (unpaired) electrons. The van der Waals surface area contributed by atoms with E-state index in [1.54, 1.807) is 26.8 Å². The third-order valence-electron chi connectivity index (χ3n) is 2.95. The Kier molecular flexibility index (Phi) is 4.18. The van der Waals surface area contributed by atoms with Gasteiger partial charge in [0.05, 0.1) is 31.0 Å². The number of anilines is 1. The van der Waals surface area contributed by atoms with E-state index >= 15 is 0 Å². The number of carbonyl (C=O) groups excluding carboxylic acids is 1. The zero-order valence-electron chi connectivity index (χ0n) is 12.4. The molecule has 1 aliphatic rings. The minimum atomic E-state index is -1.04. The van der Waals surface area contributed by atoms with E-state index in [2.05, 4.69) is 0 Å². The van der Waals surface area contributed by atoms with Crippen LogP contribution in [0.25, 0.3) is 0 Å². The summed E-state index contributed by atoms with van der Waals surface area (Å²) in [5.74, 6) is -1.04. The van der Waals surface area contributed by atoms with Crippen molar-refractivity contribution in [3.63, 3.8) is 0 Å². The topological polar surface area (TPSA) is 76.1 Å². The van der Waals surface area contributed by atoms with Crippen molar-refractivity contribution in [2.24, 2.45) is 0 Å². The number of nitrogens with zero attached hydrogens (tertiary/aromatic N) is 1. The maximum atomic E-state index is 12.3. The monoisotopic (exact) mass is 293 g/mol. The normalized spacial score (nSPS) is 15.1. The fraction of sp³-hybridized carbons (Fsp3) is 0.467.